The maximum Gasteiger partial charge on any atom is 0.135 e. The predicted octanol–water partition coefficient (Wildman–Crippen LogP) is 17.1. The summed E-state index contributed by atoms with van der Waals surface area (Å²) in [4.78, 5) is 2.35. The molecule has 0 bridgehead atoms. The highest BCUT2D eigenvalue weighted by Gasteiger charge is 2.16. The van der Waals surface area contributed by atoms with Gasteiger partial charge in [-0.1, -0.05) is 194 Å². The molecule has 11 aromatic rings. The van der Waals surface area contributed by atoms with Crippen LogP contribution in [0, 0.1) is 0 Å². The highest BCUT2D eigenvalue weighted by molar-refractivity contribution is 5.97. The first-order valence-corrected chi connectivity index (χ1v) is 21.2. The number of hydrogen-bond donors (Lipinski definition) is 0. The number of nitrogens with zero attached hydrogens (tertiary/aromatic N) is 1. The second-order valence-electron chi connectivity index (χ2n) is 15.7. The van der Waals surface area contributed by atoms with Crippen molar-refractivity contribution in [2.75, 3.05) is 4.90 Å². The lowest BCUT2D eigenvalue weighted by Crippen LogP contribution is -2.09. The van der Waals surface area contributed by atoms with Gasteiger partial charge in [-0.05, 0) is 121 Å². The van der Waals surface area contributed by atoms with Crippen LogP contribution in [0.25, 0.3) is 88.7 Å². The fraction of sp³-hybridized carbons (Fsp3) is 0. The molecule has 0 radical (unpaired) electrons. The molecule has 0 fully saturated rings. The number of fused-ring (bicyclic) bond motifs is 2. The minimum absolute atomic E-state index is 0.879. The van der Waals surface area contributed by atoms with Crippen LogP contribution in [0.15, 0.2) is 253 Å². The molecule has 0 saturated carbocycles. The van der Waals surface area contributed by atoms with E-state index in [2.05, 4.69) is 235 Å². The summed E-state index contributed by atoms with van der Waals surface area (Å²) in [5.41, 5.74) is 17.1. The average Bonchev–Trinajstić information content (AvgIpc) is 3.80. The summed E-state index contributed by atoms with van der Waals surface area (Å²) in [5, 5.41) is 3.61. The van der Waals surface area contributed by atoms with E-state index in [1.165, 1.54) is 49.7 Å². The van der Waals surface area contributed by atoms with Crippen molar-refractivity contribution in [2.45, 2.75) is 0 Å². The molecule has 0 atom stereocenters. The molecule has 2 nitrogen and oxygen atoms in total. The van der Waals surface area contributed by atoms with Gasteiger partial charge >= 0.3 is 0 Å². The van der Waals surface area contributed by atoms with Crippen molar-refractivity contribution in [1.82, 2.24) is 0 Å². The Morgan fingerprint density at radius 1 is 0.258 bits per heavy atom. The molecule has 0 unspecified atom stereocenters. The zero-order valence-electron chi connectivity index (χ0n) is 34.0. The lowest BCUT2D eigenvalue weighted by Gasteiger charge is -2.26. The molecular formula is C60H41NO. The summed E-state index contributed by atoms with van der Waals surface area (Å²) in [6.45, 7) is 0. The van der Waals surface area contributed by atoms with Gasteiger partial charge in [0.25, 0.3) is 0 Å². The number of furan rings is 1. The Morgan fingerprint density at radius 2 is 0.677 bits per heavy atom. The van der Waals surface area contributed by atoms with Gasteiger partial charge in [0.15, 0.2) is 0 Å². The van der Waals surface area contributed by atoms with Crippen LogP contribution in [0.5, 0.6) is 0 Å². The lowest BCUT2D eigenvalue weighted by molar-refractivity contribution is 0.631. The SMILES string of the molecule is c1ccc(-c2ccccc2-c2ccc(N(c3ccc(-c4ccc(-c5cccc(-c6cc7ccccc7o6)c5)cc4)cc3)c3ccc(-c4cccc5ccccc45)cc3)cc2)cc1. The molecule has 0 aliphatic rings. The summed E-state index contributed by atoms with van der Waals surface area (Å²) in [7, 11) is 0. The largest absolute Gasteiger partial charge is 0.456 e. The van der Waals surface area contributed by atoms with Gasteiger partial charge in [0.05, 0.1) is 0 Å². The third-order valence-electron chi connectivity index (χ3n) is 11.9. The van der Waals surface area contributed by atoms with E-state index in [1.54, 1.807) is 0 Å². The van der Waals surface area contributed by atoms with Crippen molar-refractivity contribution >= 4 is 38.8 Å². The molecule has 62 heavy (non-hydrogen) atoms. The van der Waals surface area contributed by atoms with Gasteiger partial charge in [-0.2, -0.15) is 0 Å². The van der Waals surface area contributed by atoms with Gasteiger partial charge in [0, 0.05) is 28.0 Å². The summed E-state index contributed by atoms with van der Waals surface area (Å²) in [6, 6.07) is 89.0. The molecule has 1 aromatic heterocycles. The van der Waals surface area contributed by atoms with E-state index in [4.69, 9.17) is 4.42 Å². The van der Waals surface area contributed by atoms with Crippen LogP contribution in [-0.2, 0) is 0 Å². The van der Waals surface area contributed by atoms with E-state index >= 15 is 0 Å². The van der Waals surface area contributed by atoms with Gasteiger partial charge in [-0.15, -0.1) is 0 Å². The van der Waals surface area contributed by atoms with Crippen molar-refractivity contribution in [2.24, 2.45) is 0 Å². The Kier molecular flexibility index (Phi) is 9.57. The molecule has 0 aliphatic heterocycles. The second-order valence-corrected chi connectivity index (χ2v) is 15.7. The third kappa shape index (κ3) is 7.14. The summed E-state index contributed by atoms with van der Waals surface area (Å²) < 4.78 is 6.18. The monoisotopic (exact) mass is 791 g/mol. The molecule has 0 aliphatic carbocycles. The molecule has 0 saturated heterocycles. The number of rotatable bonds is 9. The van der Waals surface area contributed by atoms with Gasteiger partial charge in [-0.3, -0.25) is 0 Å². The quantitative estimate of drug-likeness (QED) is 0.145. The van der Waals surface area contributed by atoms with Crippen molar-refractivity contribution in [3.05, 3.63) is 249 Å². The molecule has 292 valence electrons. The topological polar surface area (TPSA) is 16.4 Å². The van der Waals surface area contributed by atoms with Crippen molar-refractivity contribution in [3.8, 4) is 67.0 Å². The van der Waals surface area contributed by atoms with Crippen LogP contribution < -0.4 is 4.90 Å². The molecule has 10 aromatic carbocycles. The normalized spacial score (nSPS) is 11.2. The Labute approximate surface area is 362 Å². The zero-order chi connectivity index (χ0) is 41.2. The molecule has 0 spiro atoms. The molecule has 0 amide bonds. The van der Waals surface area contributed by atoms with E-state index in [9.17, 15) is 0 Å². The van der Waals surface area contributed by atoms with Crippen LogP contribution in [0.2, 0.25) is 0 Å². The summed E-state index contributed by atoms with van der Waals surface area (Å²) in [6.07, 6.45) is 0. The zero-order valence-corrected chi connectivity index (χ0v) is 34.0. The predicted molar refractivity (Wildman–Crippen MR) is 261 cm³/mol. The van der Waals surface area contributed by atoms with E-state index in [1.807, 2.05) is 18.2 Å². The van der Waals surface area contributed by atoms with Gasteiger partial charge in [0.1, 0.15) is 11.3 Å². The minimum atomic E-state index is 0.879. The molecule has 2 heteroatoms. The summed E-state index contributed by atoms with van der Waals surface area (Å²) >= 11 is 0. The van der Waals surface area contributed by atoms with Gasteiger partial charge in [0.2, 0.25) is 0 Å². The lowest BCUT2D eigenvalue weighted by atomic mass is 9.94. The fourth-order valence-electron chi connectivity index (χ4n) is 8.74. The number of para-hydroxylation sites is 1. The number of benzene rings is 10. The van der Waals surface area contributed by atoms with E-state index in [-0.39, 0.29) is 0 Å². The Balaban J connectivity index is 0.913. The van der Waals surface area contributed by atoms with E-state index in [0.29, 0.717) is 0 Å². The Morgan fingerprint density at radius 3 is 1.32 bits per heavy atom. The van der Waals surface area contributed by atoms with Gasteiger partial charge in [-0.25, -0.2) is 0 Å². The van der Waals surface area contributed by atoms with E-state index < -0.39 is 0 Å². The first kappa shape index (κ1) is 36.8. The minimum Gasteiger partial charge on any atom is -0.456 e. The summed E-state index contributed by atoms with van der Waals surface area (Å²) in [5.74, 6) is 0.879. The highest BCUT2D eigenvalue weighted by Crippen LogP contribution is 2.40. The standard InChI is InChI=1S/C60H41NO/c1-2-12-45(13-3-1)55-20-7-8-21-57(55)47-30-36-53(37-31-47)61(54-38-32-48(33-39-54)58-22-11-16-46-14-4-6-19-56(46)58)52-34-28-43(29-35-52)42-24-26-44(27-25-42)49-17-10-18-50(40-49)60-41-51-15-5-9-23-59(51)62-60/h1-41H. The maximum absolute atomic E-state index is 6.18. The van der Waals surface area contributed by atoms with Crippen LogP contribution in [0.4, 0.5) is 17.1 Å². The number of hydrogen-bond acceptors (Lipinski definition) is 2. The molecular weight excluding hydrogens is 751 g/mol. The Bertz CT molecular complexity index is 3270. The highest BCUT2D eigenvalue weighted by atomic mass is 16.3. The van der Waals surface area contributed by atoms with Crippen LogP contribution in [-0.4, -0.2) is 0 Å². The molecule has 0 N–H and O–H groups in total. The van der Waals surface area contributed by atoms with Crippen molar-refractivity contribution in [3.63, 3.8) is 0 Å². The first-order chi connectivity index (χ1) is 30.7. The van der Waals surface area contributed by atoms with E-state index in [0.717, 1.165) is 56.0 Å². The van der Waals surface area contributed by atoms with Gasteiger partial charge < -0.3 is 9.32 Å². The third-order valence-corrected chi connectivity index (χ3v) is 11.9. The van der Waals surface area contributed by atoms with Crippen molar-refractivity contribution in [1.29, 1.82) is 0 Å². The first-order valence-electron chi connectivity index (χ1n) is 21.2. The van der Waals surface area contributed by atoms with Crippen LogP contribution in [0.1, 0.15) is 0 Å². The smallest absolute Gasteiger partial charge is 0.135 e. The number of anilines is 3. The molecule has 1 heterocycles. The van der Waals surface area contributed by atoms with Crippen LogP contribution in [0.3, 0.4) is 0 Å². The fourth-order valence-corrected chi connectivity index (χ4v) is 8.74. The maximum atomic E-state index is 6.18. The van der Waals surface area contributed by atoms with Crippen molar-refractivity contribution < 1.29 is 4.42 Å². The second kappa shape index (κ2) is 16.1. The average molecular weight is 792 g/mol. The molecule has 11 rings (SSSR count). The Hall–Kier alpha value is -8.20. The van der Waals surface area contributed by atoms with Crippen LogP contribution >= 0.6 is 0 Å².